The van der Waals surface area contributed by atoms with Gasteiger partial charge < -0.3 is 21.5 Å². The number of carbonyl (C=O) groups excluding carboxylic acids is 5. The Morgan fingerprint density at radius 1 is 0.949 bits per heavy atom. The summed E-state index contributed by atoms with van der Waals surface area (Å²) >= 11 is 0. The van der Waals surface area contributed by atoms with E-state index in [2.05, 4.69) is 0 Å². The van der Waals surface area contributed by atoms with Gasteiger partial charge in [-0.3, -0.25) is 33.9 Å². The van der Waals surface area contributed by atoms with E-state index in [0.29, 0.717) is 38.5 Å². The molecule has 5 aliphatic rings. The van der Waals surface area contributed by atoms with E-state index in [1.807, 2.05) is 0 Å². The Balaban J connectivity index is 1.30. The van der Waals surface area contributed by atoms with Crippen LogP contribution in [0.15, 0.2) is 11.4 Å². The smallest absolute Gasteiger partial charge is 0.334 e. The van der Waals surface area contributed by atoms with Gasteiger partial charge in [0.1, 0.15) is 16.9 Å². The van der Waals surface area contributed by atoms with E-state index in [0.717, 1.165) is 40.4 Å². The molecule has 13 heteroatoms. The van der Waals surface area contributed by atoms with E-state index in [-0.39, 0.29) is 42.3 Å². The molecule has 3 saturated carbocycles. The Bertz CT molecular complexity index is 1160. The minimum absolute atomic E-state index is 0.0415. The third kappa shape index (κ3) is 4.22. The number of hydrogen-bond acceptors (Lipinski definition) is 8. The van der Waals surface area contributed by atoms with Crippen molar-refractivity contribution >= 4 is 35.8 Å². The highest BCUT2D eigenvalue weighted by Crippen LogP contribution is 2.61. The Labute approximate surface area is 226 Å². The molecule has 2 aliphatic heterocycles. The summed E-state index contributed by atoms with van der Waals surface area (Å²) in [6, 6.07) is -1.57. The van der Waals surface area contributed by atoms with Crippen molar-refractivity contribution in [1.82, 2.24) is 19.6 Å². The van der Waals surface area contributed by atoms with Gasteiger partial charge in [0.2, 0.25) is 0 Å². The summed E-state index contributed by atoms with van der Waals surface area (Å²) in [6.45, 7) is 0.188. The molecule has 0 bridgehead atoms. The molecule has 5 N–H and O–H groups in total. The summed E-state index contributed by atoms with van der Waals surface area (Å²) < 4.78 is 0. The fraction of sp³-hybridized carbons (Fsp3) is 0.692. The van der Waals surface area contributed by atoms with Gasteiger partial charge in [-0.1, -0.05) is 12.8 Å². The zero-order valence-corrected chi connectivity index (χ0v) is 22.2. The second-order valence-corrected chi connectivity index (χ2v) is 11.9. The molecule has 2 heterocycles. The molecule has 0 unspecified atom stereocenters. The zero-order chi connectivity index (χ0) is 28.3. The second-order valence-electron chi connectivity index (χ2n) is 11.9. The average Bonchev–Trinajstić information content (AvgIpc) is 3.43. The Kier molecular flexibility index (Phi) is 6.58. The normalized spacial score (nSPS) is 31.8. The highest BCUT2D eigenvalue weighted by molar-refractivity contribution is 6.29. The van der Waals surface area contributed by atoms with Crippen LogP contribution in [0.4, 0.5) is 9.59 Å². The number of hydrogen-bond donors (Lipinski definition) is 3. The Hall–Kier alpha value is -3.64. The molecule has 13 nitrogen and oxygen atoms in total. The largest absolute Gasteiger partial charge is 0.481 e. The van der Waals surface area contributed by atoms with Crippen molar-refractivity contribution in [2.24, 2.45) is 22.8 Å². The van der Waals surface area contributed by atoms with E-state index in [1.54, 1.807) is 0 Å². The van der Waals surface area contributed by atoms with Crippen molar-refractivity contribution in [2.45, 2.75) is 82.2 Å². The van der Waals surface area contributed by atoms with Gasteiger partial charge in [-0.15, -0.1) is 0 Å². The van der Waals surface area contributed by atoms with Gasteiger partial charge in [-0.25, -0.2) is 9.59 Å². The number of carboxylic acid groups (broad SMARTS) is 1. The van der Waals surface area contributed by atoms with Gasteiger partial charge in [0.15, 0.2) is 0 Å². The van der Waals surface area contributed by atoms with Gasteiger partial charge >= 0.3 is 18.0 Å². The highest BCUT2D eigenvalue weighted by atomic mass is 16.4. The predicted molar refractivity (Wildman–Crippen MR) is 135 cm³/mol. The Morgan fingerprint density at radius 3 is 2.13 bits per heavy atom. The van der Waals surface area contributed by atoms with Crippen molar-refractivity contribution in [1.29, 1.82) is 0 Å². The molecule has 39 heavy (non-hydrogen) atoms. The monoisotopic (exact) mass is 544 g/mol. The number of likely N-dealkylation sites (N-methyl/N-ethyl adjacent to an activating group) is 1. The third-order valence-electron chi connectivity index (χ3n) is 9.54. The molecule has 7 amide bonds. The summed E-state index contributed by atoms with van der Waals surface area (Å²) in [5, 5.41) is 9.12. The van der Waals surface area contributed by atoms with Gasteiger partial charge in [0.25, 0.3) is 17.7 Å². The summed E-state index contributed by atoms with van der Waals surface area (Å²) in [7, 11) is 1.41. The quantitative estimate of drug-likeness (QED) is 0.248. The van der Waals surface area contributed by atoms with E-state index >= 15 is 0 Å². The lowest BCUT2D eigenvalue weighted by molar-refractivity contribution is -0.152. The number of rotatable bonds is 6. The molecule has 0 aromatic heterocycles. The molecular formula is C26H36N6O7. The maximum Gasteiger partial charge on any atom is 0.334 e. The number of urea groups is 2. The molecule has 0 aromatic rings. The lowest BCUT2D eigenvalue weighted by Gasteiger charge is -2.59. The van der Waals surface area contributed by atoms with Crippen molar-refractivity contribution in [2.75, 3.05) is 20.1 Å². The summed E-state index contributed by atoms with van der Waals surface area (Å²) in [6.07, 6.45) is 6.65. The molecule has 5 rings (SSSR count). The molecule has 3 aliphatic carbocycles. The van der Waals surface area contributed by atoms with Crippen LogP contribution >= 0.6 is 0 Å². The SMILES string of the molecule is CN1C(=O)N(CCC(=O)O)C2(CC3(CCC(N4C(=O)C(=C(N)N)C(=O)N(CC5CCCC5)C4=O)CC3)C2)C1=O. The van der Waals surface area contributed by atoms with Gasteiger partial charge in [0, 0.05) is 26.2 Å². The third-order valence-corrected chi connectivity index (χ3v) is 9.54. The molecule has 0 radical (unpaired) electrons. The first-order valence-electron chi connectivity index (χ1n) is 13.7. The topological polar surface area (TPSA) is 188 Å². The van der Waals surface area contributed by atoms with E-state index < -0.39 is 47.2 Å². The summed E-state index contributed by atoms with van der Waals surface area (Å²) in [4.78, 5) is 81.5. The fourth-order valence-electron chi connectivity index (χ4n) is 7.59. The molecule has 2 saturated heterocycles. The lowest BCUT2D eigenvalue weighted by atomic mass is 9.51. The van der Waals surface area contributed by atoms with Crippen LogP contribution in [0, 0.1) is 11.3 Å². The maximum absolute atomic E-state index is 13.5. The van der Waals surface area contributed by atoms with Gasteiger partial charge in [-0.05, 0) is 62.7 Å². The van der Waals surface area contributed by atoms with E-state index in [9.17, 15) is 28.8 Å². The zero-order valence-electron chi connectivity index (χ0n) is 22.2. The highest BCUT2D eigenvalue weighted by Gasteiger charge is 2.68. The van der Waals surface area contributed by atoms with Crippen LogP contribution in [-0.4, -0.2) is 92.2 Å². The van der Waals surface area contributed by atoms with Crippen molar-refractivity contribution < 1.29 is 33.9 Å². The standard InChI is InChI=1S/C26H36N6O7/c1-29-22(37)26(31(23(29)38)11-8-17(33)34)13-25(14-26)9-6-16(7-10-25)32-21(36)18(19(27)28)20(35)30(24(32)39)12-15-4-2-3-5-15/h15-16H,2-14,27-28H2,1H3,(H,33,34). The fourth-order valence-corrected chi connectivity index (χ4v) is 7.59. The van der Waals surface area contributed by atoms with Crippen LogP contribution in [0.5, 0.6) is 0 Å². The maximum atomic E-state index is 13.5. The first-order valence-corrected chi connectivity index (χ1v) is 13.7. The lowest BCUT2D eigenvalue weighted by Crippen LogP contribution is -2.66. The average molecular weight is 545 g/mol. The predicted octanol–water partition coefficient (Wildman–Crippen LogP) is 0.927. The van der Waals surface area contributed by atoms with Crippen LogP contribution < -0.4 is 11.5 Å². The molecule has 5 fully saturated rings. The number of amides is 7. The van der Waals surface area contributed by atoms with E-state index in [4.69, 9.17) is 16.6 Å². The Morgan fingerprint density at radius 2 is 1.56 bits per heavy atom. The van der Waals surface area contributed by atoms with Gasteiger partial charge in [0.05, 0.1) is 6.42 Å². The van der Waals surface area contributed by atoms with Crippen LogP contribution in [0.3, 0.4) is 0 Å². The number of carbonyl (C=O) groups is 6. The van der Waals surface area contributed by atoms with Crippen LogP contribution in [0.25, 0.3) is 0 Å². The van der Waals surface area contributed by atoms with Crippen molar-refractivity contribution in [3.8, 4) is 0 Å². The molecule has 212 valence electrons. The molecular weight excluding hydrogens is 508 g/mol. The molecule has 0 aromatic carbocycles. The minimum atomic E-state index is -1.04. The van der Waals surface area contributed by atoms with Crippen LogP contribution in [-0.2, 0) is 19.2 Å². The minimum Gasteiger partial charge on any atom is -0.481 e. The second kappa shape index (κ2) is 9.53. The van der Waals surface area contributed by atoms with Crippen molar-refractivity contribution in [3.05, 3.63) is 11.4 Å². The number of carboxylic acids is 1. The van der Waals surface area contributed by atoms with Gasteiger partial charge in [-0.2, -0.15) is 0 Å². The molecule has 0 atom stereocenters. The number of imide groups is 3. The van der Waals surface area contributed by atoms with Crippen molar-refractivity contribution in [3.63, 3.8) is 0 Å². The number of aliphatic carboxylic acids is 1. The first-order chi connectivity index (χ1) is 18.4. The summed E-state index contributed by atoms with van der Waals surface area (Å²) in [5.74, 6) is -3.09. The van der Waals surface area contributed by atoms with Crippen LogP contribution in [0.1, 0.15) is 70.6 Å². The number of nitrogens with zero attached hydrogens (tertiary/aromatic N) is 4. The number of nitrogens with two attached hydrogens (primary N) is 2. The first kappa shape index (κ1) is 26.9. The van der Waals surface area contributed by atoms with E-state index in [1.165, 1.54) is 11.9 Å². The summed E-state index contributed by atoms with van der Waals surface area (Å²) in [5.41, 5.74) is 9.81. The number of barbiturate groups is 1. The van der Waals surface area contributed by atoms with Crippen LogP contribution in [0.2, 0.25) is 0 Å². The molecule has 2 spiro atoms.